The molecule has 0 unspecified atom stereocenters. The number of rotatable bonds is 4. The molecular weight excluding hydrogens is 390 g/mol. The third kappa shape index (κ3) is 3.52. The van der Waals surface area contributed by atoms with Crippen LogP contribution in [0.1, 0.15) is 0 Å². The average Bonchev–Trinajstić information content (AvgIpc) is 3.23. The molecule has 9 nitrogen and oxygen atoms in total. The first-order chi connectivity index (χ1) is 14.7. The first-order valence-corrected chi connectivity index (χ1v) is 9.32. The molecule has 3 heterocycles. The molecule has 0 spiro atoms. The summed E-state index contributed by atoms with van der Waals surface area (Å²) >= 11 is 0. The van der Waals surface area contributed by atoms with Crippen molar-refractivity contribution < 1.29 is 23.7 Å². The fourth-order valence-electron chi connectivity index (χ4n) is 3.23. The number of carbonyl (C=O) groups excluding carboxylic acids is 1. The lowest BCUT2D eigenvalue weighted by molar-refractivity contribution is -0.116. The van der Waals surface area contributed by atoms with Crippen LogP contribution in [0, 0.1) is 0 Å². The maximum atomic E-state index is 12.5. The van der Waals surface area contributed by atoms with Gasteiger partial charge in [0, 0.05) is 23.4 Å². The van der Waals surface area contributed by atoms with E-state index < -0.39 is 0 Å². The van der Waals surface area contributed by atoms with Gasteiger partial charge in [-0.1, -0.05) is 0 Å². The zero-order chi connectivity index (χ0) is 20.5. The lowest BCUT2D eigenvalue weighted by atomic mass is 10.1. The van der Waals surface area contributed by atoms with Crippen molar-refractivity contribution in [3.05, 3.63) is 59.1 Å². The Hall–Kier alpha value is -4.01. The summed E-state index contributed by atoms with van der Waals surface area (Å²) in [7, 11) is 0. The van der Waals surface area contributed by atoms with Crippen LogP contribution in [0.4, 0.5) is 5.69 Å². The lowest BCUT2D eigenvalue weighted by Crippen LogP contribution is -2.27. The van der Waals surface area contributed by atoms with Crippen LogP contribution in [0.2, 0.25) is 0 Å². The number of benzene rings is 2. The molecule has 2 aromatic carbocycles. The quantitative estimate of drug-likeness (QED) is 0.706. The molecule has 5 rings (SSSR count). The molecule has 1 aromatic heterocycles. The molecule has 0 bridgehead atoms. The summed E-state index contributed by atoms with van der Waals surface area (Å²) in [5.74, 6) is 2.12. The summed E-state index contributed by atoms with van der Waals surface area (Å²) in [6.07, 6.45) is 1.35. The van der Waals surface area contributed by atoms with Crippen molar-refractivity contribution in [1.82, 2.24) is 9.55 Å². The van der Waals surface area contributed by atoms with E-state index in [0.29, 0.717) is 47.6 Å². The Labute approximate surface area is 170 Å². The summed E-state index contributed by atoms with van der Waals surface area (Å²) in [6, 6.07) is 11.9. The Morgan fingerprint density at radius 2 is 1.67 bits per heavy atom. The van der Waals surface area contributed by atoms with Crippen molar-refractivity contribution in [1.29, 1.82) is 0 Å². The number of nitrogens with one attached hydrogen (secondary N) is 1. The minimum atomic E-state index is -0.355. The van der Waals surface area contributed by atoms with E-state index in [-0.39, 0.29) is 24.8 Å². The van der Waals surface area contributed by atoms with Gasteiger partial charge in [-0.05, 0) is 30.3 Å². The molecule has 0 radical (unpaired) electrons. The fraction of sp³-hybridized carbons (Fsp3) is 0.190. The molecule has 2 aliphatic heterocycles. The molecular formula is C21H17N3O6. The number of aromatic nitrogens is 2. The highest BCUT2D eigenvalue weighted by atomic mass is 16.7. The molecule has 1 amide bonds. The summed E-state index contributed by atoms with van der Waals surface area (Å²) in [5, 5.41) is 2.75. The maximum Gasteiger partial charge on any atom is 0.254 e. The number of ether oxygens (including phenoxy) is 4. The zero-order valence-electron chi connectivity index (χ0n) is 15.8. The summed E-state index contributed by atoms with van der Waals surface area (Å²) in [6.45, 7) is 0.964. The zero-order valence-corrected chi connectivity index (χ0v) is 15.8. The second-order valence-electron chi connectivity index (χ2n) is 6.71. The van der Waals surface area contributed by atoms with Gasteiger partial charge in [0.2, 0.25) is 12.7 Å². The van der Waals surface area contributed by atoms with E-state index in [0.717, 1.165) is 5.56 Å². The number of hydrogen-bond acceptors (Lipinski definition) is 7. The Kier molecular flexibility index (Phi) is 4.47. The van der Waals surface area contributed by atoms with E-state index in [1.54, 1.807) is 36.4 Å². The topological polar surface area (TPSA) is 101 Å². The van der Waals surface area contributed by atoms with Crippen LogP contribution in [0.3, 0.4) is 0 Å². The van der Waals surface area contributed by atoms with Gasteiger partial charge in [0.25, 0.3) is 5.56 Å². The highest BCUT2D eigenvalue weighted by Gasteiger charge is 2.16. The van der Waals surface area contributed by atoms with Gasteiger partial charge in [-0.15, -0.1) is 0 Å². The van der Waals surface area contributed by atoms with Crippen molar-refractivity contribution in [2.24, 2.45) is 0 Å². The predicted molar refractivity (Wildman–Crippen MR) is 106 cm³/mol. The predicted octanol–water partition coefficient (Wildman–Crippen LogP) is 2.05. The average molecular weight is 407 g/mol. The Bertz CT molecular complexity index is 1190. The molecule has 152 valence electrons. The van der Waals surface area contributed by atoms with Gasteiger partial charge in [0.1, 0.15) is 19.8 Å². The summed E-state index contributed by atoms with van der Waals surface area (Å²) < 4.78 is 22.9. The van der Waals surface area contributed by atoms with Crippen molar-refractivity contribution in [2.45, 2.75) is 6.54 Å². The molecule has 0 atom stereocenters. The minimum Gasteiger partial charge on any atom is -0.486 e. The first kappa shape index (κ1) is 18.0. The number of fused-ring (bicyclic) bond motifs is 2. The van der Waals surface area contributed by atoms with E-state index in [2.05, 4.69) is 10.3 Å². The Balaban J connectivity index is 1.29. The van der Waals surface area contributed by atoms with Crippen molar-refractivity contribution in [3.63, 3.8) is 0 Å². The van der Waals surface area contributed by atoms with E-state index in [4.69, 9.17) is 18.9 Å². The van der Waals surface area contributed by atoms with Crippen LogP contribution < -0.4 is 29.8 Å². The van der Waals surface area contributed by atoms with Gasteiger partial charge >= 0.3 is 0 Å². The number of hydrogen-bond donors (Lipinski definition) is 1. The minimum absolute atomic E-state index is 0.165. The van der Waals surface area contributed by atoms with Crippen LogP contribution in [-0.2, 0) is 11.3 Å². The van der Waals surface area contributed by atoms with E-state index >= 15 is 0 Å². The van der Waals surface area contributed by atoms with Gasteiger partial charge in [0.05, 0.1) is 12.0 Å². The lowest BCUT2D eigenvalue weighted by Gasteiger charge is -2.19. The normalized spacial score (nSPS) is 13.7. The largest absolute Gasteiger partial charge is 0.486 e. The third-order valence-corrected chi connectivity index (χ3v) is 4.69. The standard InChI is InChI=1S/C21H17N3O6/c25-20(23-14-2-4-16-19(8-14)28-6-5-27-16)10-24-11-22-15(9-21(24)26)13-1-3-17-18(7-13)30-12-29-17/h1-4,7-9,11H,5-6,10,12H2,(H,23,25). The van der Waals surface area contributed by atoms with Crippen LogP contribution in [0.25, 0.3) is 11.3 Å². The SMILES string of the molecule is O=C(Cn1cnc(-c2ccc3c(c2)OCO3)cc1=O)Nc1ccc2c(c1)OCCO2. The number of anilines is 1. The number of carbonyl (C=O) groups is 1. The molecule has 3 aromatic rings. The maximum absolute atomic E-state index is 12.5. The van der Waals surface area contributed by atoms with Crippen LogP contribution in [-0.4, -0.2) is 35.5 Å². The van der Waals surface area contributed by atoms with Gasteiger partial charge in [-0.25, -0.2) is 4.98 Å². The highest BCUT2D eigenvalue weighted by molar-refractivity contribution is 5.91. The van der Waals surface area contributed by atoms with Crippen molar-refractivity contribution in [2.75, 3.05) is 25.3 Å². The molecule has 0 saturated carbocycles. The van der Waals surface area contributed by atoms with E-state index in [9.17, 15) is 9.59 Å². The molecule has 0 saturated heterocycles. The second-order valence-corrected chi connectivity index (χ2v) is 6.71. The summed E-state index contributed by atoms with van der Waals surface area (Å²) in [4.78, 5) is 29.2. The van der Waals surface area contributed by atoms with Crippen LogP contribution >= 0.6 is 0 Å². The number of nitrogens with zero attached hydrogens (tertiary/aromatic N) is 2. The van der Waals surface area contributed by atoms with E-state index in [1.807, 2.05) is 0 Å². The van der Waals surface area contributed by atoms with Gasteiger partial charge < -0.3 is 24.3 Å². The molecule has 2 aliphatic rings. The van der Waals surface area contributed by atoms with E-state index in [1.165, 1.54) is 17.0 Å². The van der Waals surface area contributed by atoms with Crippen LogP contribution in [0.15, 0.2) is 53.6 Å². The van der Waals surface area contributed by atoms with Gasteiger partial charge in [0.15, 0.2) is 23.0 Å². The fourth-order valence-corrected chi connectivity index (χ4v) is 3.23. The van der Waals surface area contributed by atoms with Crippen LogP contribution in [0.5, 0.6) is 23.0 Å². The molecule has 0 fully saturated rings. The monoisotopic (exact) mass is 407 g/mol. The second kappa shape index (κ2) is 7.43. The Morgan fingerprint density at radius 3 is 2.53 bits per heavy atom. The first-order valence-electron chi connectivity index (χ1n) is 9.32. The number of amides is 1. The smallest absolute Gasteiger partial charge is 0.254 e. The molecule has 9 heteroatoms. The van der Waals surface area contributed by atoms with Crippen molar-refractivity contribution >= 4 is 11.6 Å². The van der Waals surface area contributed by atoms with Gasteiger partial charge in [-0.3, -0.25) is 14.2 Å². The molecule has 1 N–H and O–H groups in total. The van der Waals surface area contributed by atoms with Crippen molar-refractivity contribution in [3.8, 4) is 34.3 Å². The summed E-state index contributed by atoms with van der Waals surface area (Å²) in [5.41, 5.74) is 1.43. The molecule has 0 aliphatic carbocycles. The van der Waals surface area contributed by atoms with Gasteiger partial charge in [-0.2, -0.15) is 0 Å². The third-order valence-electron chi connectivity index (χ3n) is 4.69. The molecule has 30 heavy (non-hydrogen) atoms. The Morgan fingerprint density at radius 1 is 0.933 bits per heavy atom. The highest BCUT2D eigenvalue weighted by Crippen LogP contribution is 2.35.